The van der Waals surface area contributed by atoms with Gasteiger partial charge >= 0.3 is 23.9 Å². The molecule has 14 heteroatoms. The van der Waals surface area contributed by atoms with Gasteiger partial charge in [-0.3, -0.25) is 0 Å². The van der Waals surface area contributed by atoms with Gasteiger partial charge in [0, 0.05) is 0 Å². The lowest BCUT2D eigenvalue weighted by Gasteiger charge is -2.15. The normalized spacial score (nSPS) is 14.4. The highest BCUT2D eigenvalue weighted by Gasteiger charge is 2.32. The average molecular weight is 673 g/mol. The zero-order chi connectivity index (χ0) is 29.1. The van der Waals surface area contributed by atoms with Crippen molar-refractivity contribution in [1.82, 2.24) is 0 Å². The van der Waals surface area contributed by atoms with Crippen molar-refractivity contribution in [1.29, 1.82) is 0 Å². The number of halogens is 6. The summed E-state index contributed by atoms with van der Waals surface area (Å²) in [6.45, 7) is 0.184. The fourth-order valence-electron chi connectivity index (χ4n) is 3.58. The molecule has 2 aliphatic carbocycles. The Balaban J connectivity index is 1.53. The molecule has 0 bridgehead atoms. The number of esters is 4. The molecule has 2 saturated carbocycles. The van der Waals surface area contributed by atoms with Crippen molar-refractivity contribution in [3.63, 3.8) is 0 Å². The predicted molar refractivity (Wildman–Crippen MR) is 149 cm³/mol. The van der Waals surface area contributed by atoms with E-state index in [1.807, 2.05) is 0 Å². The Labute approximate surface area is 259 Å². The van der Waals surface area contributed by atoms with Crippen LogP contribution in [0.25, 0.3) is 0 Å². The first-order chi connectivity index (χ1) is 19.0. The molecule has 40 heavy (non-hydrogen) atoms. The summed E-state index contributed by atoms with van der Waals surface area (Å²) in [5.74, 6) is -5.39. The number of carbonyl (C=O) groups excluding carboxylic acids is 4. The number of hydrogen-bond donors (Lipinski definition) is 0. The molecule has 0 aromatic heterocycles. The molecule has 0 atom stereocenters. The minimum absolute atomic E-state index is 0.0920. The van der Waals surface area contributed by atoms with Gasteiger partial charge in [-0.1, -0.05) is 95.3 Å². The Kier molecular flexibility index (Phi) is 10.4. The van der Waals surface area contributed by atoms with Gasteiger partial charge in [-0.05, 0) is 36.8 Å². The van der Waals surface area contributed by atoms with Crippen LogP contribution in [0.4, 0.5) is 0 Å². The molecular formula is C26H20Cl6O8. The van der Waals surface area contributed by atoms with Gasteiger partial charge in [-0.2, -0.15) is 0 Å². The Hall–Kier alpha value is -1.94. The summed E-state index contributed by atoms with van der Waals surface area (Å²) in [5, 5.41) is -1.45. The van der Waals surface area contributed by atoms with E-state index in [0.717, 1.165) is 37.8 Å². The van der Waals surface area contributed by atoms with Crippen LogP contribution in [0.15, 0.2) is 12.1 Å². The van der Waals surface area contributed by atoms with Gasteiger partial charge in [0.05, 0.1) is 43.3 Å². The van der Waals surface area contributed by atoms with Crippen molar-refractivity contribution in [3.8, 4) is 11.5 Å². The predicted octanol–water partition coefficient (Wildman–Crippen LogP) is 8.03. The fraction of sp³-hybridized carbons (Fsp3) is 0.385. The van der Waals surface area contributed by atoms with Crippen molar-refractivity contribution in [2.24, 2.45) is 11.8 Å². The van der Waals surface area contributed by atoms with Crippen LogP contribution < -0.4 is 9.47 Å². The molecule has 0 saturated heterocycles. The zero-order valence-corrected chi connectivity index (χ0v) is 25.0. The largest absolute Gasteiger partial charge is 0.462 e. The lowest BCUT2D eigenvalue weighted by atomic mass is 10.2. The van der Waals surface area contributed by atoms with Crippen molar-refractivity contribution >= 4 is 93.5 Å². The van der Waals surface area contributed by atoms with Crippen molar-refractivity contribution in [2.75, 3.05) is 13.2 Å². The lowest BCUT2D eigenvalue weighted by molar-refractivity contribution is -0.156. The Morgan fingerprint density at radius 2 is 0.950 bits per heavy atom. The van der Waals surface area contributed by atoms with Crippen molar-refractivity contribution in [3.05, 3.63) is 53.4 Å². The minimum atomic E-state index is -1.64. The van der Waals surface area contributed by atoms with Gasteiger partial charge in [-0.25, -0.2) is 19.2 Å². The highest BCUT2D eigenvalue weighted by atomic mass is 35.5. The topological polar surface area (TPSA) is 105 Å². The minimum Gasteiger partial charge on any atom is -0.462 e. The third-order valence-electron chi connectivity index (χ3n) is 6.13. The first-order valence-corrected chi connectivity index (χ1v) is 14.4. The third kappa shape index (κ3) is 7.66. The van der Waals surface area contributed by atoms with E-state index in [1.165, 1.54) is 0 Å². The van der Waals surface area contributed by atoms with Crippen LogP contribution in [0, 0.1) is 11.8 Å². The number of rotatable bonds is 10. The van der Waals surface area contributed by atoms with E-state index in [9.17, 15) is 19.2 Å². The van der Waals surface area contributed by atoms with Crippen LogP contribution >= 0.6 is 69.6 Å². The van der Waals surface area contributed by atoms with E-state index in [1.54, 1.807) is 0 Å². The van der Waals surface area contributed by atoms with E-state index >= 15 is 0 Å². The molecule has 2 aromatic carbocycles. The second kappa shape index (κ2) is 13.4. The van der Waals surface area contributed by atoms with Gasteiger partial charge in [-0.15, -0.1) is 0 Å². The molecule has 214 valence electrons. The van der Waals surface area contributed by atoms with Crippen LogP contribution in [-0.4, -0.2) is 37.1 Å². The second-order valence-corrected chi connectivity index (χ2v) is 11.6. The Bertz CT molecular complexity index is 1270. The van der Waals surface area contributed by atoms with Gasteiger partial charge in [0.2, 0.25) is 0 Å². The molecule has 0 heterocycles. The highest BCUT2D eigenvalue weighted by Crippen LogP contribution is 2.42. The smallest absolute Gasteiger partial charge is 0.423 e. The molecule has 0 radical (unpaired) electrons. The van der Waals surface area contributed by atoms with Crippen LogP contribution in [-0.2, 0) is 19.1 Å². The van der Waals surface area contributed by atoms with E-state index in [4.69, 9.17) is 88.6 Å². The quantitative estimate of drug-likeness (QED) is 0.108. The summed E-state index contributed by atoms with van der Waals surface area (Å²) in [6.07, 6.45) is 5.50. The van der Waals surface area contributed by atoms with Crippen LogP contribution in [0.2, 0.25) is 30.1 Å². The highest BCUT2D eigenvalue weighted by molar-refractivity contribution is 6.47. The molecule has 0 amide bonds. The number of ether oxygens (including phenoxy) is 4. The number of benzene rings is 2. The Morgan fingerprint density at radius 1 is 0.600 bits per heavy atom. The number of hydrogen-bond acceptors (Lipinski definition) is 8. The summed E-state index contributed by atoms with van der Waals surface area (Å²) < 4.78 is 20.7. The molecular weight excluding hydrogens is 653 g/mol. The number of carbonyl (C=O) groups is 4. The first kappa shape index (κ1) is 31.0. The zero-order valence-electron chi connectivity index (χ0n) is 20.5. The molecule has 2 aliphatic rings. The molecule has 0 spiro atoms. The monoisotopic (exact) mass is 670 g/mol. The van der Waals surface area contributed by atoms with E-state index in [0.29, 0.717) is 24.7 Å². The molecule has 0 aliphatic heterocycles. The van der Waals surface area contributed by atoms with Crippen LogP contribution in [0.1, 0.15) is 59.2 Å². The standard InChI is InChI=1S/C26H20Cl6O8/c27-13-9-15(29)21(17(19(13)31)23(33)37-7-5-11-1-2-11)39-25(35)26(36)40-22-16(30)10-14(28)20(32)18(22)24(34)38-8-6-12-3-4-12/h9-12H,1-8H2. The van der Waals surface area contributed by atoms with Crippen LogP contribution in [0.3, 0.4) is 0 Å². The maximum atomic E-state index is 12.8. The van der Waals surface area contributed by atoms with Gasteiger partial charge in [0.15, 0.2) is 11.5 Å². The maximum Gasteiger partial charge on any atom is 0.423 e. The molecule has 0 N–H and O–H groups in total. The van der Waals surface area contributed by atoms with E-state index in [2.05, 4.69) is 0 Å². The molecule has 2 fully saturated rings. The van der Waals surface area contributed by atoms with Gasteiger partial charge in [0.25, 0.3) is 0 Å². The summed E-state index contributed by atoms with van der Waals surface area (Å²) in [6, 6.07) is 2.23. The molecule has 8 nitrogen and oxygen atoms in total. The SMILES string of the molecule is O=C(Oc1c(Cl)cc(Cl)c(Cl)c1C(=O)OCCC1CC1)C(=O)Oc1c(Cl)cc(Cl)c(Cl)c1C(=O)OCCC1CC1. The summed E-state index contributed by atoms with van der Waals surface area (Å²) in [5.41, 5.74) is -0.910. The summed E-state index contributed by atoms with van der Waals surface area (Å²) >= 11 is 36.8. The molecule has 0 unspecified atom stereocenters. The fourth-order valence-corrected chi connectivity index (χ4v) is 5.02. The second-order valence-electron chi connectivity index (χ2n) is 9.23. The summed E-state index contributed by atoms with van der Waals surface area (Å²) in [7, 11) is 0. The lowest BCUT2D eigenvalue weighted by Crippen LogP contribution is -2.27. The van der Waals surface area contributed by atoms with E-state index < -0.39 is 46.5 Å². The maximum absolute atomic E-state index is 12.8. The van der Waals surface area contributed by atoms with Crippen molar-refractivity contribution in [2.45, 2.75) is 38.5 Å². The average Bonchev–Trinajstić information content (AvgIpc) is 3.82. The summed E-state index contributed by atoms with van der Waals surface area (Å²) in [4.78, 5) is 51.0. The molecule has 2 aromatic rings. The van der Waals surface area contributed by atoms with Gasteiger partial charge < -0.3 is 18.9 Å². The first-order valence-electron chi connectivity index (χ1n) is 12.1. The molecule has 4 rings (SSSR count). The van der Waals surface area contributed by atoms with Crippen molar-refractivity contribution < 1.29 is 38.1 Å². The van der Waals surface area contributed by atoms with E-state index in [-0.39, 0.29) is 43.3 Å². The Morgan fingerprint density at radius 3 is 1.27 bits per heavy atom. The van der Waals surface area contributed by atoms with Gasteiger partial charge in [0.1, 0.15) is 11.1 Å². The van der Waals surface area contributed by atoms with Crippen LogP contribution in [0.5, 0.6) is 11.5 Å². The third-order valence-corrected chi connectivity index (χ3v) is 8.27.